The van der Waals surface area contributed by atoms with Gasteiger partial charge in [0.05, 0.1) is 0 Å². The lowest BCUT2D eigenvalue weighted by Gasteiger charge is -2.38. The molecule has 0 saturated heterocycles. The Morgan fingerprint density at radius 2 is 1.89 bits per heavy atom. The number of rotatable bonds is 2. The Kier molecular flexibility index (Phi) is 3.37. The average Bonchev–Trinajstić information content (AvgIpc) is 2.67. The summed E-state index contributed by atoms with van der Waals surface area (Å²) in [5, 5.41) is 20.0. The summed E-state index contributed by atoms with van der Waals surface area (Å²) in [7, 11) is -3.30. The van der Waals surface area contributed by atoms with Crippen LogP contribution >= 0.6 is 0 Å². The van der Waals surface area contributed by atoms with Crippen molar-refractivity contribution in [1.82, 2.24) is 9.22 Å². The lowest BCUT2D eigenvalue weighted by molar-refractivity contribution is 0.426. The highest BCUT2D eigenvalue weighted by atomic mass is 28.3. The molecule has 0 bridgehead atoms. The van der Waals surface area contributed by atoms with Crippen molar-refractivity contribution in [1.29, 1.82) is 0 Å². The molecule has 2 rings (SSSR count). The van der Waals surface area contributed by atoms with E-state index in [0.29, 0.717) is 5.46 Å². The monoisotopic (exact) mass is 276 g/mol. The molecule has 0 saturated carbocycles. The summed E-state index contributed by atoms with van der Waals surface area (Å²) in [6.07, 6.45) is 3.61. The topological polar surface area (TPSA) is 58.3 Å². The molecule has 0 amide bonds. The van der Waals surface area contributed by atoms with Crippen molar-refractivity contribution in [3.05, 3.63) is 24.5 Å². The van der Waals surface area contributed by atoms with E-state index in [1.807, 2.05) is 18.3 Å². The first kappa shape index (κ1) is 14.3. The second-order valence-corrected chi connectivity index (χ2v) is 11.6. The zero-order valence-corrected chi connectivity index (χ0v) is 13.2. The second kappa shape index (κ2) is 4.47. The highest BCUT2D eigenvalue weighted by Gasteiger charge is 2.39. The molecule has 2 aromatic heterocycles. The molecular weight excluding hydrogens is 255 g/mol. The van der Waals surface area contributed by atoms with Crippen molar-refractivity contribution in [2.24, 2.45) is 0 Å². The number of hydrogen-bond donors (Lipinski definition) is 2. The first-order valence-electron chi connectivity index (χ1n) is 6.49. The predicted molar refractivity (Wildman–Crippen MR) is 82.2 cm³/mol. The largest absolute Gasteiger partial charge is 0.490 e. The van der Waals surface area contributed by atoms with Crippen molar-refractivity contribution >= 4 is 31.9 Å². The van der Waals surface area contributed by atoms with E-state index in [4.69, 9.17) is 0 Å². The molecule has 0 aliphatic carbocycles. The molecule has 2 heterocycles. The van der Waals surface area contributed by atoms with Gasteiger partial charge in [-0.2, -0.15) is 0 Å². The summed E-state index contributed by atoms with van der Waals surface area (Å²) in [5.74, 6) is 0. The molecule has 0 radical (unpaired) electrons. The van der Waals surface area contributed by atoms with Crippen LogP contribution in [0.25, 0.3) is 11.0 Å². The summed E-state index contributed by atoms with van der Waals surface area (Å²) in [4.78, 5) is 4.44. The van der Waals surface area contributed by atoms with E-state index in [0.717, 1.165) is 11.0 Å². The molecule has 0 aromatic carbocycles. The smallest absolute Gasteiger partial charge is 0.423 e. The van der Waals surface area contributed by atoms with Crippen LogP contribution in [0.1, 0.15) is 20.8 Å². The predicted octanol–water partition coefficient (Wildman–Crippen LogP) is 1.57. The Labute approximate surface area is 115 Å². The van der Waals surface area contributed by atoms with Crippen LogP contribution in [0.15, 0.2) is 24.5 Å². The molecule has 0 aliphatic heterocycles. The SMILES string of the molecule is CC(C)(C)[Si](C)(C)n1cc(B(O)O)c2cccnc21. The summed E-state index contributed by atoms with van der Waals surface area (Å²) in [6.45, 7) is 11.2. The van der Waals surface area contributed by atoms with Gasteiger partial charge in [-0.15, -0.1) is 0 Å². The molecule has 2 N–H and O–H groups in total. The molecule has 0 atom stereocenters. The van der Waals surface area contributed by atoms with Gasteiger partial charge in [0.1, 0.15) is 5.65 Å². The standard InChI is InChI=1S/C13H21BN2O2Si/c1-13(2,3)19(4,5)16-9-11(14(17)18)10-7-6-8-15-12(10)16/h6-9,17-18H,1-5H3. The molecular formula is C13H21BN2O2Si. The van der Waals surface area contributed by atoms with Crippen molar-refractivity contribution in [2.45, 2.75) is 38.9 Å². The molecule has 6 heteroatoms. The van der Waals surface area contributed by atoms with Crippen LogP contribution in [0.5, 0.6) is 0 Å². The van der Waals surface area contributed by atoms with Crippen LogP contribution in [0.3, 0.4) is 0 Å². The Morgan fingerprint density at radius 3 is 2.42 bits per heavy atom. The van der Waals surface area contributed by atoms with E-state index in [2.05, 4.69) is 43.1 Å². The first-order valence-corrected chi connectivity index (χ1v) is 9.43. The summed E-state index contributed by atoms with van der Waals surface area (Å²) < 4.78 is 2.18. The molecule has 2 aromatic rings. The van der Waals surface area contributed by atoms with Gasteiger partial charge in [0.2, 0.25) is 0 Å². The first-order chi connectivity index (χ1) is 8.66. The molecule has 0 fully saturated rings. The number of aromatic nitrogens is 2. The maximum absolute atomic E-state index is 9.53. The average molecular weight is 276 g/mol. The Balaban J connectivity index is 2.75. The van der Waals surface area contributed by atoms with Crippen LogP contribution in [0, 0.1) is 0 Å². The van der Waals surface area contributed by atoms with Gasteiger partial charge in [-0.25, -0.2) is 4.98 Å². The fraction of sp³-hybridized carbons (Fsp3) is 0.462. The number of fused-ring (bicyclic) bond motifs is 1. The van der Waals surface area contributed by atoms with Crippen LogP contribution in [-0.2, 0) is 0 Å². The van der Waals surface area contributed by atoms with Gasteiger partial charge in [-0.1, -0.05) is 39.9 Å². The third kappa shape index (κ3) is 2.24. The van der Waals surface area contributed by atoms with Crippen molar-refractivity contribution < 1.29 is 10.0 Å². The van der Waals surface area contributed by atoms with E-state index in [1.54, 1.807) is 6.20 Å². The van der Waals surface area contributed by atoms with Crippen LogP contribution in [-0.4, -0.2) is 34.6 Å². The molecule has 4 nitrogen and oxygen atoms in total. The van der Waals surface area contributed by atoms with Gasteiger partial charge >= 0.3 is 7.12 Å². The zero-order valence-electron chi connectivity index (χ0n) is 12.2. The minimum atomic E-state index is -1.84. The van der Waals surface area contributed by atoms with Gasteiger partial charge in [-0.05, 0) is 17.3 Å². The van der Waals surface area contributed by atoms with E-state index >= 15 is 0 Å². The normalized spacial score (nSPS) is 13.0. The second-order valence-electron chi connectivity index (χ2n) is 6.51. The van der Waals surface area contributed by atoms with Crippen molar-refractivity contribution in [2.75, 3.05) is 0 Å². The van der Waals surface area contributed by atoms with Crippen molar-refractivity contribution in [3.63, 3.8) is 0 Å². The van der Waals surface area contributed by atoms with Crippen molar-refractivity contribution in [3.8, 4) is 0 Å². The van der Waals surface area contributed by atoms with Crippen LogP contribution < -0.4 is 5.46 Å². The third-order valence-electron chi connectivity index (χ3n) is 4.31. The lowest BCUT2D eigenvalue weighted by atomic mass is 9.80. The maximum atomic E-state index is 9.53. The Morgan fingerprint density at radius 1 is 1.26 bits per heavy atom. The highest BCUT2D eigenvalue weighted by molar-refractivity contribution is 6.79. The van der Waals surface area contributed by atoms with E-state index in [9.17, 15) is 10.0 Å². The lowest BCUT2D eigenvalue weighted by Crippen LogP contribution is -2.45. The fourth-order valence-corrected chi connectivity index (χ4v) is 3.97. The maximum Gasteiger partial charge on any atom is 0.490 e. The van der Waals surface area contributed by atoms with Crippen LogP contribution in [0.2, 0.25) is 18.1 Å². The van der Waals surface area contributed by atoms with Crippen LogP contribution in [0.4, 0.5) is 0 Å². The van der Waals surface area contributed by atoms with Gasteiger partial charge in [-0.3, -0.25) is 0 Å². The Bertz CT molecular complexity index is 602. The quantitative estimate of drug-likeness (QED) is 0.819. The number of nitrogens with zero attached hydrogens (tertiary/aromatic N) is 2. The highest BCUT2D eigenvalue weighted by Crippen LogP contribution is 2.38. The summed E-state index contributed by atoms with van der Waals surface area (Å²) in [6, 6.07) is 3.71. The van der Waals surface area contributed by atoms with Gasteiger partial charge in [0.15, 0.2) is 8.24 Å². The summed E-state index contributed by atoms with van der Waals surface area (Å²) in [5.41, 5.74) is 1.38. The zero-order chi connectivity index (χ0) is 14.4. The molecule has 0 aliphatic rings. The van der Waals surface area contributed by atoms with E-state index in [-0.39, 0.29) is 5.04 Å². The summed E-state index contributed by atoms with van der Waals surface area (Å²) >= 11 is 0. The third-order valence-corrected chi connectivity index (χ3v) is 9.53. The van der Waals surface area contributed by atoms with E-state index in [1.165, 1.54) is 0 Å². The molecule has 0 spiro atoms. The minimum Gasteiger partial charge on any atom is -0.423 e. The fourth-order valence-electron chi connectivity index (χ4n) is 2.08. The van der Waals surface area contributed by atoms with Gasteiger partial charge < -0.3 is 14.3 Å². The Hall–Kier alpha value is -1.11. The molecule has 102 valence electrons. The van der Waals surface area contributed by atoms with Gasteiger partial charge in [0.25, 0.3) is 0 Å². The number of hydrogen-bond acceptors (Lipinski definition) is 3. The number of pyridine rings is 1. The molecule has 19 heavy (non-hydrogen) atoms. The van der Waals surface area contributed by atoms with E-state index < -0.39 is 15.4 Å². The minimum absolute atomic E-state index is 0.147. The van der Waals surface area contributed by atoms with Gasteiger partial charge in [0, 0.05) is 17.0 Å². The molecule has 0 unspecified atom stereocenters.